The van der Waals surface area contributed by atoms with Crippen LogP contribution < -0.4 is 14.8 Å². The van der Waals surface area contributed by atoms with E-state index >= 15 is 0 Å². The number of nitrogens with one attached hydrogen (secondary N) is 1. The molecule has 0 atom stereocenters. The molecule has 1 aromatic rings. The molecule has 2 rings (SSSR count). The summed E-state index contributed by atoms with van der Waals surface area (Å²) < 4.78 is 16.4. The molecule has 1 saturated heterocycles. The molecule has 5 heteroatoms. The predicted octanol–water partition coefficient (Wildman–Crippen LogP) is 4.31. The van der Waals surface area contributed by atoms with Crippen LogP contribution in [0.5, 0.6) is 11.5 Å². The van der Waals surface area contributed by atoms with E-state index < -0.39 is 0 Å². The van der Waals surface area contributed by atoms with Gasteiger partial charge >= 0.3 is 0 Å². The Morgan fingerprint density at radius 3 is 2.68 bits per heavy atom. The van der Waals surface area contributed by atoms with Crippen molar-refractivity contribution < 1.29 is 19.0 Å². The van der Waals surface area contributed by atoms with Gasteiger partial charge < -0.3 is 19.5 Å². The lowest BCUT2D eigenvalue weighted by Crippen LogP contribution is -2.42. The monoisotopic (exact) mass is 385 g/mol. The van der Waals surface area contributed by atoms with E-state index in [0.717, 1.165) is 18.4 Å². The highest BCUT2D eigenvalue weighted by Crippen LogP contribution is 2.38. The Balaban J connectivity index is 2.19. The maximum absolute atomic E-state index is 12.8. The lowest BCUT2D eigenvalue weighted by atomic mass is 9.73. The standard InChI is InChI=1S/C23H31NO4/c1-5-8-19(9-6-2)23(12-14-27-15-13-23)17-24-22(25)18-10-11-20(28-7-3)21(16-18)26-4/h5-6,8-11,16H,1,7,12-15,17H2,2-4H3,(H,24,25). The molecule has 1 N–H and O–H groups in total. The molecule has 0 aliphatic carbocycles. The number of allylic oxidation sites excluding steroid dienone is 4. The summed E-state index contributed by atoms with van der Waals surface area (Å²) in [4.78, 5) is 12.8. The first kappa shape index (κ1) is 21.8. The molecule has 152 valence electrons. The van der Waals surface area contributed by atoms with Crippen molar-refractivity contribution in [3.05, 3.63) is 60.2 Å². The Morgan fingerprint density at radius 2 is 2.07 bits per heavy atom. The molecule has 0 spiro atoms. The smallest absolute Gasteiger partial charge is 0.251 e. The van der Waals surface area contributed by atoms with Gasteiger partial charge in [0, 0.05) is 30.7 Å². The van der Waals surface area contributed by atoms with E-state index in [4.69, 9.17) is 14.2 Å². The molecule has 1 amide bonds. The van der Waals surface area contributed by atoms with Crippen LogP contribution in [0.1, 0.15) is 37.0 Å². The van der Waals surface area contributed by atoms with E-state index in [0.29, 0.717) is 43.4 Å². The van der Waals surface area contributed by atoms with Gasteiger partial charge in [0.25, 0.3) is 5.91 Å². The van der Waals surface area contributed by atoms with Crippen molar-refractivity contribution in [1.82, 2.24) is 5.32 Å². The summed E-state index contributed by atoms with van der Waals surface area (Å²) in [5.74, 6) is 1.05. The van der Waals surface area contributed by atoms with Crippen LogP contribution in [0.3, 0.4) is 0 Å². The van der Waals surface area contributed by atoms with Crippen molar-refractivity contribution in [2.45, 2.75) is 26.7 Å². The Morgan fingerprint density at radius 1 is 1.32 bits per heavy atom. The van der Waals surface area contributed by atoms with Crippen molar-refractivity contribution >= 4 is 5.91 Å². The van der Waals surface area contributed by atoms with Gasteiger partial charge in [-0.3, -0.25) is 4.79 Å². The van der Waals surface area contributed by atoms with Crippen LogP contribution in [-0.2, 0) is 4.74 Å². The molecule has 28 heavy (non-hydrogen) atoms. The number of amides is 1. The predicted molar refractivity (Wildman–Crippen MR) is 112 cm³/mol. The summed E-state index contributed by atoms with van der Waals surface area (Å²) in [6.07, 6.45) is 9.64. The van der Waals surface area contributed by atoms with Crippen molar-refractivity contribution in [2.75, 3.05) is 33.5 Å². The van der Waals surface area contributed by atoms with Crippen molar-refractivity contribution in [1.29, 1.82) is 0 Å². The zero-order valence-corrected chi connectivity index (χ0v) is 17.1. The summed E-state index contributed by atoms with van der Waals surface area (Å²) in [5, 5.41) is 3.11. The fourth-order valence-electron chi connectivity index (χ4n) is 3.48. The minimum absolute atomic E-state index is 0.134. The highest BCUT2D eigenvalue weighted by atomic mass is 16.5. The molecule has 1 aromatic carbocycles. The molecule has 0 saturated carbocycles. The van der Waals surface area contributed by atoms with E-state index in [1.807, 2.05) is 26.0 Å². The topological polar surface area (TPSA) is 56.8 Å². The van der Waals surface area contributed by atoms with Crippen LogP contribution in [0.2, 0.25) is 0 Å². The first-order valence-electron chi connectivity index (χ1n) is 9.73. The molecule has 0 unspecified atom stereocenters. The van der Waals surface area contributed by atoms with Crippen LogP contribution in [-0.4, -0.2) is 39.4 Å². The minimum Gasteiger partial charge on any atom is -0.493 e. The van der Waals surface area contributed by atoms with Gasteiger partial charge in [-0.05, 0) is 50.5 Å². The van der Waals surface area contributed by atoms with Crippen LogP contribution in [0, 0.1) is 5.41 Å². The zero-order chi connectivity index (χ0) is 20.4. The molecule has 1 fully saturated rings. The third kappa shape index (κ3) is 5.26. The molecule has 1 aliphatic heterocycles. The summed E-state index contributed by atoms with van der Waals surface area (Å²) >= 11 is 0. The largest absolute Gasteiger partial charge is 0.493 e. The lowest BCUT2D eigenvalue weighted by molar-refractivity contribution is 0.0331. The summed E-state index contributed by atoms with van der Waals surface area (Å²) in [6.45, 7) is 10.2. The average Bonchev–Trinajstić information content (AvgIpc) is 2.73. The highest BCUT2D eigenvalue weighted by molar-refractivity contribution is 5.95. The molecule has 5 nitrogen and oxygen atoms in total. The number of carbonyl (C=O) groups is 1. The molecule has 1 heterocycles. The summed E-state index contributed by atoms with van der Waals surface area (Å²) in [5.41, 5.74) is 1.55. The minimum atomic E-state index is -0.163. The number of hydrogen-bond donors (Lipinski definition) is 1. The number of carbonyl (C=O) groups excluding carboxylic acids is 1. The Hall–Kier alpha value is -2.53. The van der Waals surface area contributed by atoms with Gasteiger partial charge in [0.05, 0.1) is 13.7 Å². The maximum Gasteiger partial charge on any atom is 0.251 e. The third-order valence-electron chi connectivity index (χ3n) is 5.02. The van der Waals surface area contributed by atoms with Crippen LogP contribution in [0.15, 0.2) is 54.7 Å². The molecular formula is C23H31NO4. The zero-order valence-electron chi connectivity index (χ0n) is 17.1. The van der Waals surface area contributed by atoms with Gasteiger partial charge in [0.2, 0.25) is 0 Å². The van der Waals surface area contributed by atoms with E-state index in [-0.39, 0.29) is 11.3 Å². The van der Waals surface area contributed by atoms with E-state index in [9.17, 15) is 4.79 Å². The fraction of sp³-hybridized carbons (Fsp3) is 0.435. The van der Waals surface area contributed by atoms with Crippen molar-refractivity contribution in [3.8, 4) is 11.5 Å². The van der Waals surface area contributed by atoms with Crippen molar-refractivity contribution in [2.24, 2.45) is 5.41 Å². The van der Waals surface area contributed by atoms with E-state index in [1.54, 1.807) is 31.4 Å². The number of hydrogen-bond acceptors (Lipinski definition) is 4. The third-order valence-corrected chi connectivity index (χ3v) is 5.02. The van der Waals surface area contributed by atoms with Crippen molar-refractivity contribution in [3.63, 3.8) is 0 Å². The highest BCUT2D eigenvalue weighted by Gasteiger charge is 2.35. The second kappa shape index (κ2) is 10.7. The van der Waals surface area contributed by atoms with Crippen LogP contribution in [0.25, 0.3) is 0 Å². The second-order valence-electron chi connectivity index (χ2n) is 6.73. The van der Waals surface area contributed by atoms with Gasteiger partial charge in [-0.1, -0.05) is 30.9 Å². The van der Waals surface area contributed by atoms with E-state index in [1.165, 1.54) is 0 Å². The molecule has 1 aliphatic rings. The van der Waals surface area contributed by atoms with Crippen LogP contribution >= 0.6 is 0 Å². The Labute approximate surface area is 168 Å². The SMILES string of the molecule is C=CC=C(C=CC)C1(CNC(=O)c2ccc(OCC)c(OC)c2)CCOCC1. The van der Waals surface area contributed by atoms with Crippen LogP contribution in [0.4, 0.5) is 0 Å². The normalized spacial score (nSPS) is 16.6. The Kier molecular flexibility index (Phi) is 8.33. The number of ether oxygens (including phenoxy) is 3. The number of benzene rings is 1. The summed E-state index contributed by atoms with van der Waals surface area (Å²) in [7, 11) is 1.57. The average molecular weight is 386 g/mol. The van der Waals surface area contributed by atoms with Gasteiger partial charge in [-0.2, -0.15) is 0 Å². The second-order valence-corrected chi connectivity index (χ2v) is 6.73. The van der Waals surface area contributed by atoms with Gasteiger partial charge in [0.15, 0.2) is 11.5 Å². The molecule has 0 bridgehead atoms. The van der Waals surface area contributed by atoms with Gasteiger partial charge in [-0.25, -0.2) is 0 Å². The fourth-order valence-corrected chi connectivity index (χ4v) is 3.48. The van der Waals surface area contributed by atoms with Gasteiger partial charge in [0.1, 0.15) is 0 Å². The quantitative estimate of drug-likeness (QED) is 0.644. The van der Waals surface area contributed by atoms with Gasteiger partial charge in [-0.15, -0.1) is 0 Å². The first-order chi connectivity index (χ1) is 13.6. The first-order valence-corrected chi connectivity index (χ1v) is 9.73. The Bertz CT molecular complexity index is 730. The van der Waals surface area contributed by atoms with E-state index in [2.05, 4.69) is 18.0 Å². The molecular weight excluding hydrogens is 354 g/mol. The molecule has 0 aromatic heterocycles. The summed E-state index contributed by atoms with van der Waals surface area (Å²) in [6, 6.07) is 5.24. The molecule has 0 radical (unpaired) electrons. The lowest BCUT2D eigenvalue weighted by Gasteiger charge is -2.38. The number of rotatable bonds is 9. The maximum atomic E-state index is 12.8. The number of methoxy groups -OCH3 is 1.